The minimum absolute atomic E-state index is 0.482. The maximum absolute atomic E-state index is 6.20. The summed E-state index contributed by atoms with van der Waals surface area (Å²) < 4.78 is 6.20. The van der Waals surface area contributed by atoms with E-state index in [1.54, 1.807) is 0 Å². The zero-order valence-corrected chi connectivity index (χ0v) is 13.6. The fraction of sp³-hybridized carbons (Fsp3) is 0.765. The number of hydrogen-bond acceptors (Lipinski definition) is 3. The highest BCUT2D eigenvalue weighted by Crippen LogP contribution is 2.29. The highest BCUT2D eigenvalue weighted by Gasteiger charge is 2.23. The molecule has 2 nitrogen and oxygen atoms in total. The van der Waals surface area contributed by atoms with E-state index in [1.807, 2.05) is 11.3 Å². The molecular weight excluding hydrogens is 266 g/mol. The quantitative estimate of drug-likeness (QED) is 0.839. The van der Waals surface area contributed by atoms with Gasteiger partial charge in [0.1, 0.15) is 0 Å². The molecule has 0 spiro atoms. The number of nitrogens with one attached hydrogen (secondary N) is 1. The van der Waals surface area contributed by atoms with Crippen LogP contribution in [0.25, 0.3) is 0 Å². The Morgan fingerprint density at radius 3 is 2.80 bits per heavy atom. The van der Waals surface area contributed by atoms with Gasteiger partial charge in [-0.05, 0) is 50.2 Å². The van der Waals surface area contributed by atoms with Gasteiger partial charge in [0, 0.05) is 22.3 Å². The van der Waals surface area contributed by atoms with Crippen molar-refractivity contribution < 1.29 is 4.74 Å². The third-order valence-electron chi connectivity index (χ3n) is 4.70. The Morgan fingerprint density at radius 2 is 2.05 bits per heavy atom. The molecule has 112 valence electrons. The second-order valence-corrected chi connectivity index (χ2v) is 7.90. The monoisotopic (exact) mass is 293 g/mol. The first kappa shape index (κ1) is 14.6. The van der Waals surface area contributed by atoms with Gasteiger partial charge in [0.2, 0.25) is 0 Å². The first-order valence-corrected chi connectivity index (χ1v) is 8.97. The van der Waals surface area contributed by atoms with Gasteiger partial charge in [-0.15, -0.1) is 11.3 Å². The van der Waals surface area contributed by atoms with Gasteiger partial charge in [0.05, 0.1) is 12.7 Å². The van der Waals surface area contributed by atoms with Gasteiger partial charge in [-0.2, -0.15) is 0 Å². The summed E-state index contributed by atoms with van der Waals surface area (Å²) in [5, 5.41) is 3.60. The lowest BCUT2D eigenvalue weighted by Crippen LogP contribution is -2.25. The van der Waals surface area contributed by atoms with Gasteiger partial charge in [-0.25, -0.2) is 0 Å². The standard InChI is InChI=1S/C17H27NOS/c1-12-5-3-4-6-17(12)19-11-14-9-16(20-13(14)2)10-18-15-7-8-15/h9,12,15,17-18H,3-8,10-11H2,1-2H3. The normalized spacial score (nSPS) is 26.9. The van der Waals surface area contributed by atoms with E-state index in [0.29, 0.717) is 6.10 Å². The fourth-order valence-electron chi connectivity index (χ4n) is 3.08. The molecule has 1 N–H and O–H groups in total. The molecule has 0 aromatic carbocycles. The molecule has 2 atom stereocenters. The summed E-state index contributed by atoms with van der Waals surface area (Å²) in [5.41, 5.74) is 1.40. The summed E-state index contributed by atoms with van der Waals surface area (Å²) in [6.45, 7) is 6.42. The van der Waals surface area contributed by atoms with E-state index in [9.17, 15) is 0 Å². The molecule has 3 rings (SSSR count). The minimum atomic E-state index is 0.482. The Balaban J connectivity index is 1.50. The van der Waals surface area contributed by atoms with E-state index in [2.05, 4.69) is 25.2 Å². The predicted molar refractivity (Wildman–Crippen MR) is 85.1 cm³/mol. The van der Waals surface area contributed by atoms with Gasteiger partial charge in [0.15, 0.2) is 0 Å². The molecule has 0 saturated heterocycles. The van der Waals surface area contributed by atoms with Crippen LogP contribution in [0.3, 0.4) is 0 Å². The van der Waals surface area contributed by atoms with Crippen molar-refractivity contribution in [2.45, 2.75) is 77.7 Å². The summed E-state index contributed by atoms with van der Waals surface area (Å²) in [6.07, 6.45) is 8.52. The molecule has 2 saturated carbocycles. The Hall–Kier alpha value is -0.380. The molecule has 3 heteroatoms. The zero-order chi connectivity index (χ0) is 13.9. The first-order chi connectivity index (χ1) is 9.72. The molecule has 0 amide bonds. The maximum atomic E-state index is 6.20. The van der Waals surface area contributed by atoms with Gasteiger partial charge in [-0.3, -0.25) is 0 Å². The van der Waals surface area contributed by atoms with Gasteiger partial charge in [0.25, 0.3) is 0 Å². The summed E-state index contributed by atoms with van der Waals surface area (Å²) >= 11 is 1.93. The van der Waals surface area contributed by atoms with Crippen LogP contribution in [0.2, 0.25) is 0 Å². The van der Waals surface area contributed by atoms with E-state index >= 15 is 0 Å². The third-order valence-corrected chi connectivity index (χ3v) is 5.79. The molecule has 1 aromatic heterocycles. The highest BCUT2D eigenvalue weighted by molar-refractivity contribution is 7.12. The van der Waals surface area contributed by atoms with Crippen molar-refractivity contribution in [3.05, 3.63) is 21.4 Å². The molecule has 20 heavy (non-hydrogen) atoms. The van der Waals surface area contributed by atoms with Crippen LogP contribution in [0.4, 0.5) is 0 Å². The van der Waals surface area contributed by atoms with Gasteiger partial charge >= 0.3 is 0 Å². The molecule has 0 radical (unpaired) electrons. The Bertz CT molecular complexity index is 438. The molecular formula is C17H27NOS. The summed E-state index contributed by atoms with van der Waals surface area (Å²) in [7, 11) is 0. The van der Waals surface area contributed by atoms with Crippen molar-refractivity contribution in [3.63, 3.8) is 0 Å². The smallest absolute Gasteiger partial charge is 0.0731 e. The third kappa shape index (κ3) is 3.84. The second-order valence-electron chi connectivity index (χ2n) is 6.56. The van der Waals surface area contributed by atoms with Crippen molar-refractivity contribution in [3.8, 4) is 0 Å². The summed E-state index contributed by atoms with van der Waals surface area (Å²) in [5.74, 6) is 0.735. The van der Waals surface area contributed by atoms with Crippen LogP contribution < -0.4 is 5.32 Å². The van der Waals surface area contributed by atoms with Crippen molar-refractivity contribution >= 4 is 11.3 Å². The lowest BCUT2D eigenvalue weighted by Gasteiger charge is -2.28. The lowest BCUT2D eigenvalue weighted by atomic mass is 9.88. The van der Waals surface area contributed by atoms with Crippen molar-refractivity contribution in [2.75, 3.05) is 0 Å². The van der Waals surface area contributed by atoms with E-state index in [1.165, 1.54) is 53.8 Å². The number of aryl methyl sites for hydroxylation is 1. The number of ether oxygens (including phenoxy) is 1. The molecule has 2 unspecified atom stereocenters. The number of thiophene rings is 1. The zero-order valence-electron chi connectivity index (χ0n) is 12.8. The second kappa shape index (κ2) is 6.59. The first-order valence-electron chi connectivity index (χ1n) is 8.15. The van der Waals surface area contributed by atoms with Crippen LogP contribution >= 0.6 is 11.3 Å². The molecule has 2 aliphatic rings. The fourth-order valence-corrected chi connectivity index (χ4v) is 4.08. The van der Waals surface area contributed by atoms with E-state index in [4.69, 9.17) is 4.74 Å². The Labute approximate surface area is 126 Å². The van der Waals surface area contributed by atoms with Crippen LogP contribution in [0.1, 0.15) is 60.8 Å². The van der Waals surface area contributed by atoms with Gasteiger partial charge < -0.3 is 10.1 Å². The average molecular weight is 293 g/mol. The lowest BCUT2D eigenvalue weighted by molar-refractivity contribution is -0.0155. The SMILES string of the molecule is Cc1sc(CNC2CC2)cc1COC1CCCCC1C. The molecule has 2 aliphatic carbocycles. The molecule has 0 aliphatic heterocycles. The maximum Gasteiger partial charge on any atom is 0.0731 e. The van der Waals surface area contributed by atoms with E-state index in [0.717, 1.165) is 25.1 Å². The van der Waals surface area contributed by atoms with Crippen LogP contribution in [-0.4, -0.2) is 12.1 Å². The topological polar surface area (TPSA) is 21.3 Å². The molecule has 1 heterocycles. The summed E-state index contributed by atoms with van der Waals surface area (Å²) in [6, 6.07) is 3.14. The van der Waals surface area contributed by atoms with Crippen LogP contribution in [0.5, 0.6) is 0 Å². The van der Waals surface area contributed by atoms with Crippen LogP contribution in [0, 0.1) is 12.8 Å². The minimum Gasteiger partial charge on any atom is -0.373 e. The van der Waals surface area contributed by atoms with Gasteiger partial charge in [-0.1, -0.05) is 19.8 Å². The number of hydrogen-bond donors (Lipinski definition) is 1. The predicted octanol–water partition coefficient (Wildman–Crippen LogP) is 4.40. The Morgan fingerprint density at radius 1 is 1.25 bits per heavy atom. The van der Waals surface area contributed by atoms with Crippen molar-refractivity contribution in [1.29, 1.82) is 0 Å². The average Bonchev–Trinajstić information content (AvgIpc) is 3.20. The largest absolute Gasteiger partial charge is 0.373 e. The van der Waals surface area contributed by atoms with Crippen molar-refractivity contribution in [1.82, 2.24) is 5.32 Å². The van der Waals surface area contributed by atoms with E-state index < -0.39 is 0 Å². The molecule has 2 fully saturated rings. The highest BCUT2D eigenvalue weighted by atomic mass is 32.1. The molecule has 1 aromatic rings. The van der Waals surface area contributed by atoms with Crippen molar-refractivity contribution in [2.24, 2.45) is 5.92 Å². The van der Waals surface area contributed by atoms with Crippen LogP contribution in [0.15, 0.2) is 6.07 Å². The number of rotatable bonds is 6. The van der Waals surface area contributed by atoms with Crippen LogP contribution in [-0.2, 0) is 17.9 Å². The van der Waals surface area contributed by atoms with E-state index in [-0.39, 0.29) is 0 Å². The molecule has 0 bridgehead atoms. The Kier molecular flexibility index (Phi) is 4.79. The summed E-state index contributed by atoms with van der Waals surface area (Å²) in [4.78, 5) is 2.89.